The molecule has 2 aromatic rings. The van der Waals surface area contributed by atoms with Crippen molar-refractivity contribution in [3.05, 3.63) is 48.6 Å². The maximum Gasteiger partial charge on any atom is 0.247 e. The number of rotatable bonds is 2. The van der Waals surface area contributed by atoms with E-state index in [9.17, 15) is 4.79 Å². The lowest BCUT2D eigenvalue weighted by molar-refractivity contribution is -0.119. The van der Waals surface area contributed by atoms with Gasteiger partial charge in [-0.1, -0.05) is 6.07 Å². The first kappa shape index (κ1) is 11.7. The van der Waals surface area contributed by atoms with Crippen LogP contribution >= 0.6 is 0 Å². The van der Waals surface area contributed by atoms with Crippen molar-refractivity contribution in [1.29, 1.82) is 0 Å². The third-order valence-electron chi connectivity index (χ3n) is 4.07. The van der Waals surface area contributed by atoms with Gasteiger partial charge in [-0.2, -0.15) is 0 Å². The Morgan fingerprint density at radius 2 is 2.20 bits per heavy atom. The number of aromatic nitrogens is 1. The molecule has 2 aliphatic heterocycles. The van der Waals surface area contributed by atoms with Crippen molar-refractivity contribution in [3.8, 4) is 0 Å². The van der Waals surface area contributed by atoms with E-state index in [1.54, 1.807) is 17.4 Å². The molecule has 102 valence electrons. The van der Waals surface area contributed by atoms with Crippen LogP contribution in [-0.2, 0) is 4.79 Å². The average Bonchev–Trinajstić information content (AvgIpc) is 3.18. The predicted octanol–water partition coefficient (Wildman–Crippen LogP) is 2.18. The van der Waals surface area contributed by atoms with E-state index in [2.05, 4.69) is 9.88 Å². The number of carbonyl (C=O) groups is 1. The van der Waals surface area contributed by atoms with Crippen molar-refractivity contribution in [2.24, 2.45) is 0 Å². The molecule has 2 aliphatic rings. The van der Waals surface area contributed by atoms with E-state index in [1.807, 2.05) is 30.3 Å². The molecule has 0 aliphatic carbocycles. The Labute approximate surface area is 116 Å². The summed E-state index contributed by atoms with van der Waals surface area (Å²) in [7, 11) is 0. The number of fused-ring (bicyclic) bond motifs is 1. The molecule has 0 aromatic carbocycles. The zero-order valence-electron chi connectivity index (χ0n) is 11.0. The minimum atomic E-state index is -0.167. The number of pyridine rings is 1. The number of hydrogen-bond acceptors (Lipinski definition) is 4. The van der Waals surface area contributed by atoms with Crippen LogP contribution in [-0.4, -0.2) is 28.4 Å². The van der Waals surface area contributed by atoms with Crippen molar-refractivity contribution in [2.45, 2.75) is 25.0 Å². The highest BCUT2D eigenvalue weighted by molar-refractivity contribution is 5.99. The number of amides is 1. The van der Waals surface area contributed by atoms with Crippen molar-refractivity contribution in [3.63, 3.8) is 0 Å². The summed E-state index contributed by atoms with van der Waals surface area (Å²) in [5, 5.41) is 0. The lowest BCUT2D eigenvalue weighted by Crippen LogP contribution is -2.32. The van der Waals surface area contributed by atoms with Gasteiger partial charge in [-0.25, -0.2) is 4.98 Å². The molecule has 0 bridgehead atoms. The minimum absolute atomic E-state index is 0.0351. The first-order valence-corrected chi connectivity index (χ1v) is 6.89. The van der Waals surface area contributed by atoms with Crippen LogP contribution in [0.2, 0.25) is 0 Å². The van der Waals surface area contributed by atoms with E-state index in [4.69, 9.17) is 4.42 Å². The molecule has 0 unspecified atom stereocenters. The zero-order valence-corrected chi connectivity index (χ0v) is 11.0. The van der Waals surface area contributed by atoms with Crippen molar-refractivity contribution < 1.29 is 9.21 Å². The molecule has 2 saturated heterocycles. The summed E-state index contributed by atoms with van der Waals surface area (Å²) in [6.45, 7) is 0.922. The Bertz CT molecular complexity index is 611. The van der Waals surface area contributed by atoms with E-state index < -0.39 is 0 Å². The van der Waals surface area contributed by atoms with Gasteiger partial charge in [0.2, 0.25) is 5.91 Å². The number of nitrogens with zero attached hydrogens (tertiary/aromatic N) is 3. The molecule has 2 atom stereocenters. The number of furan rings is 1. The van der Waals surface area contributed by atoms with Crippen LogP contribution in [0.15, 0.2) is 47.2 Å². The summed E-state index contributed by atoms with van der Waals surface area (Å²) in [5.74, 6) is 1.62. The van der Waals surface area contributed by atoms with Gasteiger partial charge in [0.1, 0.15) is 11.6 Å². The molecule has 2 aromatic heterocycles. The molecule has 4 rings (SSSR count). The minimum Gasteiger partial charge on any atom is -0.466 e. The Balaban J connectivity index is 1.81. The molecule has 20 heavy (non-hydrogen) atoms. The summed E-state index contributed by atoms with van der Waals surface area (Å²) >= 11 is 0. The third kappa shape index (κ3) is 1.59. The van der Waals surface area contributed by atoms with Crippen molar-refractivity contribution in [2.75, 3.05) is 11.4 Å². The summed E-state index contributed by atoms with van der Waals surface area (Å²) < 4.78 is 5.56. The number of anilines is 1. The SMILES string of the molecule is O=C1[C@H]2CCCN2[C@@H](c2ccco2)N1c1ccccn1. The quantitative estimate of drug-likeness (QED) is 0.838. The lowest BCUT2D eigenvalue weighted by Gasteiger charge is -2.26. The van der Waals surface area contributed by atoms with Gasteiger partial charge < -0.3 is 4.42 Å². The molecule has 5 nitrogen and oxygen atoms in total. The van der Waals surface area contributed by atoms with Crippen LogP contribution < -0.4 is 4.90 Å². The van der Waals surface area contributed by atoms with Crippen LogP contribution in [0.5, 0.6) is 0 Å². The van der Waals surface area contributed by atoms with Crippen LogP contribution in [0, 0.1) is 0 Å². The van der Waals surface area contributed by atoms with Gasteiger partial charge >= 0.3 is 0 Å². The Morgan fingerprint density at radius 3 is 2.95 bits per heavy atom. The second-order valence-corrected chi connectivity index (χ2v) is 5.18. The van der Waals surface area contributed by atoms with Crippen LogP contribution in [0.3, 0.4) is 0 Å². The van der Waals surface area contributed by atoms with Gasteiger partial charge in [-0.15, -0.1) is 0 Å². The van der Waals surface area contributed by atoms with Gasteiger partial charge in [-0.3, -0.25) is 14.6 Å². The highest BCUT2D eigenvalue weighted by atomic mass is 16.3. The molecule has 5 heteroatoms. The van der Waals surface area contributed by atoms with E-state index in [-0.39, 0.29) is 18.1 Å². The molecule has 0 spiro atoms. The van der Waals surface area contributed by atoms with E-state index in [0.29, 0.717) is 5.82 Å². The molecule has 0 N–H and O–H groups in total. The smallest absolute Gasteiger partial charge is 0.247 e. The second kappa shape index (κ2) is 4.45. The molecule has 1 amide bonds. The van der Waals surface area contributed by atoms with Gasteiger partial charge in [0, 0.05) is 12.7 Å². The highest BCUT2D eigenvalue weighted by Crippen LogP contribution is 2.41. The standard InChI is InChI=1S/C15H15N3O2/c19-15-11-5-3-9-17(11)14(12-6-4-10-20-12)18(15)13-7-1-2-8-16-13/h1-2,4,6-8,10-11,14H,3,5,9H2/t11-,14-/m1/s1. The summed E-state index contributed by atoms with van der Waals surface area (Å²) in [5.41, 5.74) is 0. The Kier molecular flexibility index (Phi) is 2.60. The largest absolute Gasteiger partial charge is 0.466 e. The van der Waals surface area contributed by atoms with E-state index in [0.717, 1.165) is 25.1 Å². The monoisotopic (exact) mass is 269 g/mol. The third-order valence-corrected chi connectivity index (χ3v) is 4.07. The summed E-state index contributed by atoms with van der Waals surface area (Å²) in [6.07, 6.45) is 5.17. The Morgan fingerprint density at radius 1 is 1.25 bits per heavy atom. The van der Waals surface area contributed by atoms with Crippen LogP contribution in [0.25, 0.3) is 0 Å². The van der Waals surface area contributed by atoms with Crippen molar-refractivity contribution >= 4 is 11.7 Å². The summed E-state index contributed by atoms with van der Waals surface area (Å²) in [4.78, 5) is 21.0. The fourth-order valence-corrected chi connectivity index (χ4v) is 3.24. The predicted molar refractivity (Wildman–Crippen MR) is 72.9 cm³/mol. The fraction of sp³-hybridized carbons (Fsp3) is 0.333. The average molecular weight is 269 g/mol. The topological polar surface area (TPSA) is 49.6 Å². The first-order valence-electron chi connectivity index (χ1n) is 6.89. The van der Waals surface area contributed by atoms with Gasteiger partial charge in [0.05, 0.1) is 12.3 Å². The summed E-state index contributed by atoms with van der Waals surface area (Å²) in [6, 6.07) is 9.38. The maximum atomic E-state index is 12.7. The molecular formula is C15H15N3O2. The van der Waals surface area contributed by atoms with E-state index >= 15 is 0 Å². The highest BCUT2D eigenvalue weighted by Gasteiger charge is 2.50. The molecule has 4 heterocycles. The first-order chi connectivity index (χ1) is 9.86. The van der Waals surface area contributed by atoms with Gasteiger partial charge in [-0.05, 0) is 37.1 Å². The normalized spacial score (nSPS) is 26.2. The van der Waals surface area contributed by atoms with Crippen molar-refractivity contribution in [1.82, 2.24) is 9.88 Å². The van der Waals surface area contributed by atoms with Crippen LogP contribution in [0.4, 0.5) is 5.82 Å². The lowest BCUT2D eigenvalue weighted by atomic mass is 10.2. The molecule has 2 fully saturated rings. The number of carbonyl (C=O) groups excluding carboxylic acids is 1. The molecule has 0 saturated carbocycles. The van der Waals surface area contributed by atoms with Gasteiger partial charge in [0.15, 0.2) is 6.17 Å². The Hall–Kier alpha value is -2.14. The second-order valence-electron chi connectivity index (χ2n) is 5.18. The van der Waals surface area contributed by atoms with E-state index in [1.165, 1.54) is 0 Å². The number of hydrogen-bond donors (Lipinski definition) is 0. The zero-order chi connectivity index (χ0) is 13.5. The molecular weight excluding hydrogens is 254 g/mol. The van der Waals surface area contributed by atoms with Gasteiger partial charge in [0.25, 0.3) is 0 Å². The molecule has 0 radical (unpaired) electrons. The maximum absolute atomic E-state index is 12.7. The van der Waals surface area contributed by atoms with Crippen LogP contribution in [0.1, 0.15) is 24.8 Å². The fourth-order valence-electron chi connectivity index (χ4n) is 3.24.